The van der Waals surface area contributed by atoms with Crippen molar-refractivity contribution < 1.29 is 0 Å². The smallest absolute Gasteiger partial charge is 0.128 e. The van der Waals surface area contributed by atoms with Gasteiger partial charge in [0.1, 0.15) is 5.82 Å². The van der Waals surface area contributed by atoms with Crippen molar-refractivity contribution in [1.29, 1.82) is 0 Å². The van der Waals surface area contributed by atoms with E-state index in [-0.39, 0.29) is 0 Å². The Kier molecular flexibility index (Phi) is 4.15. The summed E-state index contributed by atoms with van der Waals surface area (Å²) in [6.45, 7) is 3.90. The fourth-order valence-electron chi connectivity index (χ4n) is 1.82. The minimum atomic E-state index is 0.814. The number of aromatic nitrogens is 1. The molecule has 1 aromatic carbocycles. The third-order valence-electron chi connectivity index (χ3n) is 2.84. The van der Waals surface area contributed by atoms with Crippen molar-refractivity contribution in [2.75, 3.05) is 16.9 Å². The maximum Gasteiger partial charge on any atom is 0.128 e. The summed E-state index contributed by atoms with van der Waals surface area (Å²) >= 11 is 0. The van der Waals surface area contributed by atoms with E-state index in [0.29, 0.717) is 0 Å². The summed E-state index contributed by atoms with van der Waals surface area (Å²) in [5, 5.41) is 0. The lowest BCUT2D eigenvalue weighted by atomic mass is 10.2. The van der Waals surface area contributed by atoms with Gasteiger partial charge in [0, 0.05) is 13.1 Å². The van der Waals surface area contributed by atoms with Crippen molar-refractivity contribution in [3.05, 3.63) is 54.2 Å². The number of nitrogens with two attached hydrogens (primary N) is 1. The van der Waals surface area contributed by atoms with Gasteiger partial charge in [-0.2, -0.15) is 0 Å². The lowest BCUT2D eigenvalue weighted by Gasteiger charge is -2.22. The van der Waals surface area contributed by atoms with Gasteiger partial charge in [0.05, 0.1) is 11.9 Å². The highest BCUT2D eigenvalue weighted by Crippen LogP contribution is 2.16. The second-order valence-corrected chi connectivity index (χ2v) is 4.05. The van der Waals surface area contributed by atoms with Gasteiger partial charge in [-0.1, -0.05) is 30.3 Å². The van der Waals surface area contributed by atoms with Gasteiger partial charge < -0.3 is 10.3 Å². The molecule has 0 radical (unpaired) electrons. The molecule has 2 rings (SSSR count). The van der Waals surface area contributed by atoms with E-state index < -0.39 is 0 Å². The molecule has 0 aliphatic carbocycles. The number of nitrogens with zero attached hydrogens (tertiary/aromatic N) is 2. The van der Waals surface area contributed by atoms with Crippen molar-refractivity contribution in [3.63, 3.8) is 0 Å². The Balaban J connectivity index is 2.12. The molecule has 94 valence electrons. The van der Waals surface area contributed by atoms with Crippen LogP contribution in [-0.2, 0) is 6.54 Å². The Morgan fingerprint density at radius 1 is 1.17 bits per heavy atom. The molecule has 0 saturated heterocycles. The summed E-state index contributed by atoms with van der Waals surface area (Å²) in [5.41, 5.74) is 4.67. The van der Waals surface area contributed by atoms with E-state index in [2.05, 4.69) is 46.5 Å². The minimum absolute atomic E-state index is 0.814. The Morgan fingerprint density at radius 2 is 1.94 bits per heavy atom. The zero-order valence-electron chi connectivity index (χ0n) is 10.5. The number of pyridine rings is 1. The molecule has 0 spiro atoms. The molecule has 0 fully saturated rings. The van der Waals surface area contributed by atoms with Gasteiger partial charge in [0.25, 0.3) is 0 Å². The normalized spacial score (nSPS) is 10.1. The fraction of sp³-hybridized carbons (Fsp3) is 0.214. The lowest BCUT2D eigenvalue weighted by molar-refractivity contribution is 0.814. The van der Waals surface area contributed by atoms with Crippen LogP contribution in [0.2, 0.25) is 0 Å². The van der Waals surface area contributed by atoms with Crippen molar-refractivity contribution in [2.24, 2.45) is 5.84 Å². The lowest BCUT2D eigenvalue weighted by Crippen LogP contribution is -2.23. The summed E-state index contributed by atoms with van der Waals surface area (Å²) in [5.74, 6) is 6.29. The van der Waals surface area contributed by atoms with Crippen molar-refractivity contribution in [3.8, 4) is 0 Å². The fourth-order valence-corrected chi connectivity index (χ4v) is 1.82. The molecular formula is C14H18N4. The summed E-state index contributed by atoms with van der Waals surface area (Å²) in [4.78, 5) is 6.62. The van der Waals surface area contributed by atoms with Crippen LogP contribution >= 0.6 is 0 Å². The number of nitrogen functional groups attached to an aromatic ring is 1. The monoisotopic (exact) mass is 242 g/mol. The number of benzene rings is 1. The maximum atomic E-state index is 5.33. The summed E-state index contributed by atoms with van der Waals surface area (Å²) in [6.07, 6.45) is 1.74. The molecule has 0 atom stereocenters. The minimum Gasteiger partial charge on any atom is -0.353 e. The van der Waals surface area contributed by atoms with Crippen molar-refractivity contribution in [1.82, 2.24) is 4.98 Å². The van der Waals surface area contributed by atoms with E-state index in [9.17, 15) is 0 Å². The molecule has 1 heterocycles. The molecule has 0 amide bonds. The topological polar surface area (TPSA) is 54.2 Å². The van der Waals surface area contributed by atoms with Crippen LogP contribution in [-0.4, -0.2) is 11.5 Å². The second kappa shape index (κ2) is 6.02. The molecule has 4 nitrogen and oxygen atoms in total. The highest BCUT2D eigenvalue weighted by Gasteiger charge is 2.06. The van der Waals surface area contributed by atoms with Gasteiger partial charge in [-0.05, 0) is 24.6 Å². The Morgan fingerprint density at radius 3 is 2.50 bits per heavy atom. The first-order valence-corrected chi connectivity index (χ1v) is 6.05. The zero-order chi connectivity index (χ0) is 12.8. The van der Waals surface area contributed by atoms with Gasteiger partial charge >= 0.3 is 0 Å². The third kappa shape index (κ3) is 2.99. The molecule has 4 heteroatoms. The van der Waals surface area contributed by atoms with Crippen molar-refractivity contribution >= 4 is 11.5 Å². The summed E-state index contributed by atoms with van der Waals surface area (Å²) in [6, 6.07) is 14.3. The maximum absolute atomic E-state index is 5.33. The second-order valence-electron chi connectivity index (χ2n) is 4.05. The molecule has 0 bridgehead atoms. The van der Waals surface area contributed by atoms with Gasteiger partial charge in [0.2, 0.25) is 0 Å². The van der Waals surface area contributed by atoms with Gasteiger partial charge in [-0.15, -0.1) is 0 Å². The van der Waals surface area contributed by atoms with Gasteiger partial charge in [0.15, 0.2) is 0 Å². The Bertz CT molecular complexity index is 467. The van der Waals surface area contributed by atoms with E-state index in [0.717, 1.165) is 24.6 Å². The van der Waals surface area contributed by atoms with Crippen LogP contribution in [0, 0.1) is 0 Å². The van der Waals surface area contributed by atoms with E-state index >= 15 is 0 Å². The number of nitrogens with one attached hydrogen (secondary N) is 1. The summed E-state index contributed by atoms with van der Waals surface area (Å²) in [7, 11) is 0. The van der Waals surface area contributed by atoms with Crippen LogP contribution in [0.1, 0.15) is 12.5 Å². The third-order valence-corrected chi connectivity index (χ3v) is 2.84. The van der Waals surface area contributed by atoms with Crippen LogP contribution in [0.4, 0.5) is 11.5 Å². The van der Waals surface area contributed by atoms with Crippen molar-refractivity contribution in [2.45, 2.75) is 13.5 Å². The number of rotatable bonds is 5. The Hall–Kier alpha value is -2.07. The van der Waals surface area contributed by atoms with E-state index in [1.165, 1.54) is 5.56 Å². The predicted molar refractivity (Wildman–Crippen MR) is 75.2 cm³/mol. The van der Waals surface area contributed by atoms with E-state index in [1.807, 2.05) is 18.2 Å². The molecule has 1 aromatic heterocycles. The van der Waals surface area contributed by atoms with E-state index in [4.69, 9.17) is 5.84 Å². The first kappa shape index (κ1) is 12.4. The molecular weight excluding hydrogens is 224 g/mol. The standard InChI is InChI=1S/C14H18N4/c1-2-18(11-12-6-4-3-5-7-12)14-9-8-13(17-15)10-16-14/h3-10,17H,2,11,15H2,1H3. The van der Waals surface area contributed by atoms with Gasteiger partial charge in [-0.25, -0.2) is 4.98 Å². The zero-order valence-corrected chi connectivity index (χ0v) is 10.5. The number of hydrogen-bond donors (Lipinski definition) is 2. The Labute approximate surface area is 107 Å². The molecule has 0 unspecified atom stereocenters. The molecule has 18 heavy (non-hydrogen) atoms. The summed E-state index contributed by atoms with van der Waals surface area (Å²) < 4.78 is 0. The average molecular weight is 242 g/mol. The molecule has 0 aliphatic rings. The van der Waals surface area contributed by atoms with Crippen LogP contribution in [0.25, 0.3) is 0 Å². The molecule has 0 aliphatic heterocycles. The molecule has 3 N–H and O–H groups in total. The number of anilines is 2. The molecule has 2 aromatic rings. The number of hydrogen-bond acceptors (Lipinski definition) is 4. The van der Waals surface area contributed by atoms with Crippen LogP contribution in [0.5, 0.6) is 0 Å². The van der Waals surface area contributed by atoms with E-state index in [1.54, 1.807) is 6.20 Å². The van der Waals surface area contributed by atoms with Crippen LogP contribution in [0.15, 0.2) is 48.7 Å². The average Bonchev–Trinajstić information content (AvgIpc) is 2.46. The SMILES string of the molecule is CCN(Cc1ccccc1)c1ccc(NN)cn1. The van der Waals surface area contributed by atoms with Gasteiger partial charge in [-0.3, -0.25) is 5.84 Å². The highest BCUT2D eigenvalue weighted by molar-refractivity contribution is 5.48. The first-order valence-electron chi connectivity index (χ1n) is 6.05. The first-order chi connectivity index (χ1) is 8.83. The van der Waals surface area contributed by atoms with Crippen LogP contribution in [0.3, 0.4) is 0 Å². The quantitative estimate of drug-likeness (QED) is 0.624. The largest absolute Gasteiger partial charge is 0.353 e. The molecule has 0 saturated carbocycles. The number of hydrazine groups is 1. The predicted octanol–water partition coefficient (Wildman–Crippen LogP) is 2.39. The van der Waals surface area contributed by atoms with Crippen LogP contribution < -0.4 is 16.2 Å². The highest BCUT2D eigenvalue weighted by atomic mass is 15.2.